The van der Waals surface area contributed by atoms with Gasteiger partial charge >= 0.3 is 5.97 Å². The predicted octanol–water partition coefficient (Wildman–Crippen LogP) is 4.88. The minimum atomic E-state index is -0.0741. The highest BCUT2D eigenvalue weighted by atomic mass is 16.7. The van der Waals surface area contributed by atoms with Crippen LogP contribution in [-0.4, -0.2) is 50.0 Å². The second-order valence-electron chi connectivity index (χ2n) is 6.94. The molecule has 1 saturated heterocycles. The number of hydrogen-bond donors (Lipinski definition) is 0. The summed E-state index contributed by atoms with van der Waals surface area (Å²) in [4.78, 5) is 21.4. The van der Waals surface area contributed by atoms with Crippen molar-refractivity contribution in [3.8, 4) is 0 Å². The molecule has 1 aromatic carbocycles. The molecule has 6 nitrogen and oxygen atoms in total. The maximum absolute atomic E-state index is 10.9. The minimum absolute atomic E-state index is 0.0741. The Morgan fingerprint density at radius 2 is 1.69 bits per heavy atom. The standard InChI is InChI=1S/C12H16N2O2.C11H22O2/c1-15-13-8-9-14(16-2)12(13)10-11-6-4-3-5-7-11;1-4-7-8-10(5-2)9-13-11(12)6-3/h3-7,10H,8-9H2,1-2H3;10H,4-9H2,1-3H3. The molecular formula is C23H38N2O4. The molecule has 6 heteroatoms. The Labute approximate surface area is 176 Å². The third-order valence-corrected chi connectivity index (χ3v) is 4.87. The Balaban J connectivity index is 0.000000298. The quantitative estimate of drug-likeness (QED) is 0.516. The SMILES string of the molecule is CCCCC(CC)COC(=O)CC.CON1CCN(OC)C1=Cc1ccccc1. The number of unbranched alkanes of at least 4 members (excludes halogenated alkanes) is 1. The van der Waals surface area contributed by atoms with Crippen LogP contribution in [0.3, 0.4) is 0 Å². The van der Waals surface area contributed by atoms with Crippen LogP contribution >= 0.6 is 0 Å². The minimum Gasteiger partial charge on any atom is -0.465 e. The maximum Gasteiger partial charge on any atom is 0.305 e. The Bertz CT molecular complexity index is 578. The van der Waals surface area contributed by atoms with Crippen LogP contribution in [0, 0.1) is 5.92 Å². The molecular weight excluding hydrogens is 368 g/mol. The first kappa shape index (κ1) is 25.0. The van der Waals surface area contributed by atoms with Gasteiger partial charge in [0.25, 0.3) is 0 Å². The predicted molar refractivity (Wildman–Crippen MR) is 116 cm³/mol. The molecule has 1 aliphatic heterocycles. The Morgan fingerprint density at radius 3 is 2.17 bits per heavy atom. The van der Waals surface area contributed by atoms with Crippen LogP contribution in [0.15, 0.2) is 36.2 Å². The summed E-state index contributed by atoms with van der Waals surface area (Å²) in [7, 11) is 3.33. The van der Waals surface area contributed by atoms with E-state index in [2.05, 4.69) is 13.8 Å². The first-order valence-electron chi connectivity index (χ1n) is 10.6. The first-order chi connectivity index (χ1) is 14.1. The fourth-order valence-corrected chi connectivity index (χ4v) is 2.96. The number of carbonyl (C=O) groups excluding carboxylic acids is 1. The molecule has 1 unspecified atom stereocenters. The fraction of sp³-hybridized carbons (Fsp3) is 0.609. The van der Waals surface area contributed by atoms with Crippen molar-refractivity contribution in [3.05, 3.63) is 41.7 Å². The number of benzene rings is 1. The molecule has 0 spiro atoms. The monoisotopic (exact) mass is 406 g/mol. The highest BCUT2D eigenvalue weighted by Gasteiger charge is 2.24. The van der Waals surface area contributed by atoms with Gasteiger partial charge in [0.2, 0.25) is 0 Å². The van der Waals surface area contributed by atoms with Crippen LogP contribution < -0.4 is 0 Å². The summed E-state index contributed by atoms with van der Waals surface area (Å²) < 4.78 is 5.10. The van der Waals surface area contributed by atoms with E-state index >= 15 is 0 Å². The van der Waals surface area contributed by atoms with E-state index in [4.69, 9.17) is 14.4 Å². The van der Waals surface area contributed by atoms with Crippen LogP contribution in [0.4, 0.5) is 0 Å². The van der Waals surface area contributed by atoms with Crippen molar-refractivity contribution in [1.29, 1.82) is 0 Å². The van der Waals surface area contributed by atoms with E-state index in [-0.39, 0.29) is 5.97 Å². The van der Waals surface area contributed by atoms with Crippen LogP contribution in [0.1, 0.15) is 58.4 Å². The summed E-state index contributed by atoms with van der Waals surface area (Å²) in [6.45, 7) is 8.40. The Morgan fingerprint density at radius 1 is 1.07 bits per heavy atom. The third-order valence-electron chi connectivity index (χ3n) is 4.87. The molecule has 0 N–H and O–H groups in total. The van der Waals surface area contributed by atoms with Crippen LogP contribution in [0.25, 0.3) is 6.08 Å². The number of ether oxygens (including phenoxy) is 1. The summed E-state index contributed by atoms with van der Waals surface area (Å²) in [5.41, 5.74) is 1.13. The average Bonchev–Trinajstić information content (AvgIpc) is 3.16. The summed E-state index contributed by atoms with van der Waals surface area (Å²) in [6, 6.07) is 10.1. The summed E-state index contributed by atoms with van der Waals surface area (Å²) in [5.74, 6) is 1.42. The number of carbonyl (C=O) groups is 1. The van der Waals surface area contributed by atoms with Gasteiger partial charge in [-0.05, 0) is 24.0 Å². The fourth-order valence-electron chi connectivity index (χ4n) is 2.96. The lowest BCUT2D eigenvalue weighted by atomic mass is 10.0. The van der Waals surface area contributed by atoms with Crippen molar-refractivity contribution in [3.63, 3.8) is 0 Å². The zero-order chi connectivity index (χ0) is 21.5. The maximum atomic E-state index is 10.9. The number of nitrogens with zero attached hydrogens (tertiary/aromatic N) is 2. The molecule has 0 amide bonds. The average molecular weight is 407 g/mol. The van der Waals surface area contributed by atoms with Crippen molar-refractivity contribution >= 4 is 12.0 Å². The van der Waals surface area contributed by atoms with E-state index in [0.717, 1.165) is 30.9 Å². The topological polar surface area (TPSA) is 51.2 Å². The van der Waals surface area contributed by atoms with Gasteiger partial charge in [0.15, 0.2) is 5.82 Å². The van der Waals surface area contributed by atoms with E-state index in [1.807, 2.05) is 53.5 Å². The van der Waals surface area contributed by atoms with Crippen molar-refractivity contribution in [2.45, 2.75) is 52.9 Å². The molecule has 0 bridgehead atoms. The largest absolute Gasteiger partial charge is 0.465 e. The number of hydroxylamine groups is 4. The first-order valence-corrected chi connectivity index (χ1v) is 10.6. The highest BCUT2D eigenvalue weighted by molar-refractivity contribution is 5.68. The highest BCUT2D eigenvalue weighted by Crippen LogP contribution is 2.21. The van der Waals surface area contributed by atoms with Crippen molar-refractivity contribution in [2.24, 2.45) is 5.92 Å². The van der Waals surface area contributed by atoms with E-state index in [1.54, 1.807) is 14.2 Å². The lowest BCUT2D eigenvalue weighted by molar-refractivity contribution is -0.144. The molecule has 0 saturated carbocycles. The molecule has 0 aromatic heterocycles. The van der Waals surface area contributed by atoms with Gasteiger partial charge in [0.05, 0.1) is 33.9 Å². The third kappa shape index (κ3) is 9.33. The lowest BCUT2D eigenvalue weighted by Gasteiger charge is -2.20. The molecule has 1 aromatic rings. The van der Waals surface area contributed by atoms with E-state index in [9.17, 15) is 4.79 Å². The van der Waals surface area contributed by atoms with Gasteiger partial charge in [-0.15, -0.1) is 0 Å². The molecule has 0 radical (unpaired) electrons. The second-order valence-corrected chi connectivity index (χ2v) is 6.94. The zero-order valence-corrected chi connectivity index (χ0v) is 18.7. The van der Waals surface area contributed by atoms with E-state index < -0.39 is 0 Å². The normalized spacial score (nSPS) is 14.3. The smallest absolute Gasteiger partial charge is 0.305 e. The Hall–Kier alpha value is -2.05. The molecule has 164 valence electrons. The summed E-state index contributed by atoms with van der Waals surface area (Å²) in [5, 5.41) is 3.63. The Kier molecular flexibility index (Phi) is 12.8. The van der Waals surface area contributed by atoms with Crippen molar-refractivity contribution < 1.29 is 19.2 Å². The molecule has 2 rings (SSSR count). The molecule has 1 aliphatic rings. The summed E-state index contributed by atoms with van der Waals surface area (Å²) >= 11 is 0. The van der Waals surface area contributed by atoms with E-state index in [0.29, 0.717) is 18.9 Å². The number of rotatable bonds is 10. The molecule has 29 heavy (non-hydrogen) atoms. The van der Waals surface area contributed by atoms with Gasteiger partial charge in [-0.25, -0.2) is 10.1 Å². The van der Waals surface area contributed by atoms with E-state index in [1.165, 1.54) is 19.3 Å². The number of esters is 1. The number of hydrogen-bond acceptors (Lipinski definition) is 6. The molecule has 1 atom stereocenters. The van der Waals surface area contributed by atoms with Gasteiger partial charge < -0.3 is 4.74 Å². The molecule has 1 heterocycles. The second kappa shape index (κ2) is 14.9. The van der Waals surface area contributed by atoms with Crippen LogP contribution in [0.5, 0.6) is 0 Å². The van der Waals surface area contributed by atoms with Crippen molar-refractivity contribution in [1.82, 2.24) is 10.1 Å². The summed E-state index contributed by atoms with van der Waals surface area (Å²) in [6.07, 6.45) is 7.28. The van der Waals surface area contributed by atoms with Crippen LogP contribution in [0.2, 0.25) is 0 Å². The molecule has 1 fully saturated rings. The van der Waals surface area contributed by atoms with Gasteiger partial charge in [0.1, 0.15) is 0 Å². The van der Waals surface area contributed by atoms with Gasteiger partial charge in [-0.3, -0.25) is 14.5 Å². The van der Waals surface area contributed by atoms with Gasteiger partial charge in [-0.1, -0.05) is 70.4 Å². The lowest BCUT2D eigenvalue weighted by Crippen LogP contribution is -2.21. The van der Waals surface area contributed by atoms with Crippen LogP contribution in [-0.2, 0) is 19.2 Å². The molecule has 0 aliphatic carbocycles. The van der Waals surface area contributed by atoms with Gasteiger partial charge in [0, 0.05) is 6.42 Å². The zero-order valence-electron chi connectivity index (χ0n) is 18.7. The van der Waals surface area contributed by atoms with Crippen molar-refractivity contribution in [2.75, 3.05) is 33.9 Å². The van der Waals surface area contributed by atoms with Gasteiger partial charge in [-0.2, -0.15) is 0 Å².